The second kappa shape index (κ2) is 5.81. The van der Waals surface area contributed by atoms with Crippen LogP contribution in [-0.4, -0.2) is 38.5 Å². The lowest BCUT2D eigenvalue weighted by Gasteiger charge is -2.32. The van der Waals surface area contributed by atoms with Crippen LogP contribution in [-0.2, 0) is 6.54 Å². The molecular formula is C15H19N3O3S. The number of rotatable bonds is 3. The Morgan fingerprint density at radius 2 is 2.27 bits per heavy atom. The van der Waals surface area contributed by atoms with Crippen molar-refractivity contribution in [2.45, 2.75) is 45.7 Å². The smallest absolute Gasteiger partial charge is 0.346 e. The van der Waals surface area contributed by atoms with Gasteiger partial charge in [0, 0.05) is 6.04 Å². The number of carboxylic acids is 1. The van der Waals surface area contributed by atoms with E-state index >= 15 is 0 Å². The number of piperidine rings is 1. The zero-order chi connectivity index (χ0) is 15.9. The Kier molecular flexibility index (Phi) is 4.01. The predicted octanol–water partition coefficient (Wildman–Crippen LogP) is 2.37. The lowest BCUT2D eigenvalue weighted by molar-refractivity contribution is 0.0701. The van der Waals surface area contributed by atoms with Crippen LogP contribution in [0.25, 0.3) is 10.2 Å². The summed E-state index contributed by atoms with van der Waals surface area (Å²) in [6.45, 7) is 5.46. The molecule has 7 heteroatoms. The molecule has 1 aliphatic rings. The van der Waals surface area contributed by atoms with Crippen LogP contribution in [0.2, 0.25) is 0 Å². The van der Waals surface area contributed by atoms with Crippen LogP contribution < -0.4 is 5.56 Å². The highest BCUT2D eigenvalue weighted by Gasteiger charge is 2.21. The Morgan fingerprint density at radius 3 is 2.95 bits per heavy atom. The van der Waals surface area contributed by atoms with Crippen molar-refractivity contribution in [3.05, 3.63) is 26.6 Å². The molecular weight excluding hydrogens is 302 g/mol. The van der Waals surface area contributed by atoms with Gasteiger partial charge >= 0.3 is 5.97 Å². The number of carbonyl (C=O) groups is 1. The van der Waals surface area contributed by atoms with Crippen LogP contribution in [0.5, 0.6) is 0 Å². The number of H-pyrrole nitrogens is 1. The van der Waals surface area contributed by atoms with E-state index in [1.807, 2.05) is 0 Å². The molecule has 1 saturated heterocycles. The van der Waals surface area contributed by atoms with Gasteiger partial charge in [0.05, 0.1) is 11.9 Å². The van der Waals surface area contributed by atoms with Gasteiger partial charge in [-0.2, -0.15) is 0 Å². The number of carboxylic acid groups (broad SMARTS) is 1. The van der Waals surface area contributed by atoms with E-state index in [0.717, 1.165) is 30.7 Å². The van der Waals surface area contributed by atoms with Gasteiger partial charge in [0.2, 0.25) is 0 Å². The minimum atomic E-state index is -1.01. The van der Waals surface area contributed by atoms with E-state index in [2.05, 4.69) is 21.8 Å². The topological polar surface area (TPSA) is 86.3 Å². The van der Waals surface area contributed by atoms with Crippen LogP contribution >= 0.6 is 11.3 Å². The fourth-order valence-corrected chi connectivity index (χ4v) is 4.09. The van der Waals surface area contributed by atoms with E-state index in [1.54, 1.807) is 6.92 Å². The van der Waals surface area contributed by atoms with Crippen molar-refractivity contribution in [2.24, 2.45) is 0 Å². The van der Waals surface area contributed by atoms with Crippen LogP contribution in [0.15, 0.2) is 4.79 Å². The number of nitrogens with one attached hydrogen (secondary N) is 1. The lowest BCUT2D eigenvalue weighted by atomic mass is 10.0. The zero-order valence-electron chi connectivity index (χ0n) is 12.7. The Hall–Kier alpha value is -1.73. The van der Waals surface area contributed by atoms with Gasteiger partial charge in [-0.1, -0.05) is 6.42 Å². The largest absolute Gasteiger partial charge is 0.477 e. The summed E-state index contributed by atoms with van der Waals surface area (Å²) in [5, 5.41) is 9.59. The first-order chi connectivity index (χ1) is 10.5. The van der Waals surface area contributed by atoms with Crippen molar-refractivity contribution in [3.8, 4) is 0 Å². The first kappa shape index (κ1) is 15.2. The number of aromatic amines is 1. The van der Waals surface area contributed by atoms with E-state index < -0.39 is 5.97 Å². The third-order valence-corrected chi connectivity index (χ3v) is 5.51. The van der Waals surface area contributed by atoms with Crippen molar-refractivity contribution < 1.29 is 9.90 Å². The van der Waals surface area contributed by atoms with Crippen molar-refractivity contribution >= 4 is 27.5 Å². The van der Waals surface area contributed by atoms with Crippen molar-refractivity contribution in [1.82, 2.24) is 14.9 Å². The average molecular weight is 321 g/mol. The quantitative estimate of drug-likeness (QED) is 0.906. The van der Waals surface area contributed by atoms with Gasteiger partial charge in [0.25, 0.3) is 5.56 Å². The summed E-state index contributed by atoms with van der Waals surface area (Å²) in [5.41, 5.74) is 0.255. The maximum Gasteiger partial charge on any atom is 0.346 e. The summed E-state index contributed by atoms with van der Waals surface area (Å²) in [4.78, 5) is 33.8. The number of likely N-dealkylation sites (tertiary alicyclic amines) is 1. The molecule has 0 aliphatic carbocycles. The highest BCUT2D eigenvalue weighted by molar-refractivity contribution is 7.20. The van der Waals surface area contributed by atoms with Crippen molar-refractivity contribution in [3.63, 3.8) is 0 Å². The average Bonchev–Trinajstić information content (AvgIpc) is 2.79. The number of nitrogens with zero attached hydrogens (tertiary/aromatic N) is 2. The first-order valence-corrected chi connectivity index (χ1v) is 8.28. The highest BCUT2D eigenvalue weighted by atomic mass is 32.1. The number of fused-ring (bicyclic) bond motifs is 1. The summed E-state index contributed by atoms with van der Waals surface area (Å²) in [6, 6.07) is 0.481. The molecule has 118 valence electrons. The summed E-state index contributed by atoms with van der Waals surface area (Å²) in [6.07, 6.45) is 3.57. The van der Waals surface area contributed by atoms with Gasteiger partial charge < -0.3 is 10.1 Å². The van der Waals surface area contributed by atoms with E-state index in [9.17, 15) is 14.7 Å². The summed E-state index contributed by atoms with van der Waals surface area (Å²) in [7, 11) is 0. The molecule has 1 fully saturated rings. The first-order valence-electron chi connectivity index (χ1n) is 7.47. The molecule has 0 spiro atoms. The van der Waals surface area contributed by atoms with Crippen molar-refractivity contribution in [2.75, 3.05) is 6.54 Å². The minimum absolute atomic E-state index is 0.191. The van der Waals surface area contributed by atoms with Crippen LogP contribution in [0.4, 0.5) is 0 Å². The fraction of sp³-hybridized carbons (Fsp3) is 0.533. The maximum absolute atomic E-state index is 12.3. The Morgan fingerprint density at radius 1 is 1.50 bits per heavy atom. The zero-order valence-corrected chi connectivity index (χ0v) is 13.5. The molecule has 3 rings (SSSR count). The standard InChI is InChI=1S/C15H19N3O3S/c1-8-5-3-4-6-18(8)7-10-16-13(19)11-9(2)12(15(20)21)22-14(11)17-10/h8H,3-7H2,1-2H3,(H,20,21)(H,16,17,19). The third-order valence-electron chi connectivity index (χ3n) is 4.34. The van der Waals surface area contributed by atoms with E-state index in [4.69, 9.17) is 0 Å². The molecule has 2 N–H and O–H groups in total. The molecule has 0 radical (unpaired) electrons. The Bertz CT molecular complexity index is 780. The van der Waals surface area contributed by atoms with Gasteiger partial charge in [-0.3, -0.25) is 9.69 Å². The lowest BCUT2D eigenvalue weighted by Crippen LogP contribution is -2.37. The number of aryl methyl sites for hydroxylation is 1. The summed E-state index contributed by atoms with van der Waals surface area (Å²) >= 11 is 1.07. The maximum atomic E-state index is 12.3. The molecule has 0 aromatic carbocycles. The molecule has 2 aromatic rings. The molecule has 1 aliphatic heterocycles. The number of thiophene rings is 1. The highest BCUT2D eigenvalue weighted by Crippen LogP contribution is 2.27. The molecule has 6 nitrogen and oxygen atoms in total. The van der Waals surface area contributed by atoms with Crippen LogP contribution in [0.1, 0.15) is 47.2 Å². The Labute approximate surface area is 131 Å². The fourth-order valence-electron chi connectivity index (χ4n) is 3.05. The molecule has 0 saturated carbocycles. The molecule has 1 unspecified atom stereocenters. The molecule has 0 amide bonds. The van der Waals surface area contributed by atoms with Gasteiger partial charge in [0.1, 0.15) is 15.5 Å². The SMILES string of the molecule is Cc1c(C(=O)O)sc2nc(CN3CCCCC3C)[nH]c(=O)c12. The number of aromatic carboxylic acids is 1. The van der Waals surface area contributed by atoms with Gasteiger partial charge in [-0.05, 0) is 38.8 Å². The number of aromatic nitrogens is 2. The minimum Gasteiger partial charge on any atom is -0.477 e. The van der Waals surface area contributed by atoms with E-state index in [1.165, 1.54) is 6.42 Å². The third kappa shape index (κ3) is 2.66. The van der Waals surface area contributed by atoms with Gasteiger partial charge in [0.15, 0.2) is 0 Å². The van der Waals surface area contributed by atoms with E-state index in [0.29, 0.717) is 34.2 Å². The monoisotopic (exact) mass is 321 g/mol. The molecule has 2 aromatic heterocycles. The Balaban J connectivity index is 1.98. The van der Waals surface area contributed by atoms with Crippen LogP contribution in [0.3, 0.4) is 0 Å². The molecule has 1 atom stereocenters. The second-order valence-electron chi connectivity index (χ2n) is 5.87. The summed E-state index contributed by atoms with van der Waals surface area (Å²) in [5.74, 6) is -0.393. The second-order valence-corrected chi connectivity index (χ2v) is 6.87. The van der Waals surface area contributed by atoms with Gasteiger partial charge in [-0.25, -0.2) is 9.78 Å². The molecule has 3 heterocycles. The summed E-state index contributed by atoms with van der Waals surface area (Å²) < 4.78 is 0. The van der Waals surface area contributed by atoms with E-state index in [-0.39, 0.29) is 10.4 Å². The number of hydrogen-bond acceptors (Lipinski definition) is 5. The van der Waals surface area contributed by atoms with Gasteiger partial charge in [-0.15, -0.1) is 11.3 Å². The number of hydrogen-bond donors (Lipinski definition) is 2. The van der Waals surface area contributed by atoms with Crippen LogP contribution in [0, 0.1) is 6.92 Å². The normalized spacial score (nSPS) is 19.6. The predicted molar refractivity (Wildman–Crippen MR) is 85.7 cm³/mol. The van der Waals surface area contributed by atoms with Crippen molar-refractivity contribution in [1.29, 1.82) is 0 Å². The molecule has 0 bridgehead atoms. The molecule has 22 heavy (non-hydrogen) atoms.